The number of aryl methyl sites for hydroxylation is 1. The molecular formula is C20H20BrFN2O2. The average molecular weight is 419 g/mol. The summed E-state index contributed by atoms with van der Waals surface area (Å²) in [7, 11) is 0. The van der Waals surface area contributed by atoms with E-state index in [1.807, 2.05) is 12.1 Å². The van der Waals surface area contributed by atoms with E-state index in [1.54, 1.807) is 36.1 Å². The zero-order valence-electron chi connectivity index (χ0n) is 14.5. The molecule has 6 heteroatoms. The second kappa shape index (κ2) is 7.99. The molecule has 0 aromatic heterocycles. The van der Waals surface area contributed by atoms with Crippen LogP contribution in [-0.2, 0) is 4.79 Å². The molecular weight excluding hydrogens is 399 g/mol. The molecule has 0 aliphatic carbocycles. The van der Waals surface area contributed by atoms with Crippen LogP contribution in [0.5, 0.6) is 0 Å². The predicted octanol–water partition coefficient (Wildman–Crippen LogP) is 4.39. The third kappa shape index (κ3) is 4.30. The van der Waals surface area contributed by atoms with E-state index in [9.17, 15) is 14.0 Å². The van der Waals surface area contributed by atoms with Crippen molar-refractivity contribution in [3.8, 4) is 0 Å². The highest BCUT2D eigenvalue weighted by atomic mass is 79.9. The van der Waals surface area contributed by atoms with E-state index >= 15 is 0 Å². The lowest BCUT2D eigenvalue weighted by atomic mass is 9.95. The summed E-state index contributed by atoms with van der Waals surface area (Å²) in [5, 5.41) is 2.77. The fraction of sp³-hybridized carbons (Fsp3) is 0.300. The van der Waals surface area contributed by atoms with Gasteiger partial charge in [0.25, 0.3) is 5.91 Å². The molecule has 0 bridgehead atoms. The number of likely N-dealkylation sites (tertiary alicyclic amines) is 1. The summed E-state index contributed by atoms with van der Waals surface area (Å²) in [6, 6.07) is 11.9. The maximum absolute atomic E-state index is 13.6. The van der Waals surface area contributed by atoms with Crippen LogP contribution in [0.1, 0.15) is 28.8 Å². The van der Waals surface area contributed by atoms with Gasteiger partial charge in [0.15, 0.2) is 0 Å². The fourth-order valence-electron chi connectivity index (χ4n) is 3.03. The van der Waals surface area contributed by atoms with E-state index in [2.05, 4.69) is 21.2 Å². The van der Waals surface area contributed by atoms with Crippen molar-refractivity contribution in [2.75, 3.05) is 18.4 Å². The Labute approximate surface area is 160 Å². The highest BCUT2D eigenvalue weighted by molar-refractivity contribution is 9.10. The molecule has 2 amide bonds. The number of hydrogen-bond acceptors (Lipinski definition) is 2. The van der Waals surface area contributed by atoms with Crippen LogP contribution >= 0.6 is 15.9 Å². The topological polar surface area (TPSA) is 49.4 Å². The third-order valence-corrected chi connectivity index (χ3v) is 5.21. The van der Waals surface area contributed by atoms with Crippen molar-refractivity contribution in [3.05, 3.63) is 63.9 Å². The molecule has 3 rings (SSSR count). The zero-order chi connectivity index (χ0) is 18.7. The van der Waals surface area contributed by atoms with E-state index in [0.29, 0.717) is 42.7 Å². The first-order valence-electron chi connectivity index (χ1n) is 8.56. The Morgan fingerprint density at radius 3 is 2.38 bits per heavy atom. The Morgan fingerprint density at radius 1 is 1.12 bits per heavy atom. The van der Waals surface area contributed by atoms with E-state index in [4.69, 9.17) is 0 Å². The molecule has 2 aromatic carbocycles. The Balaban J connectivity index is 1.55. The number of rotatable bonds is 3. The molecule has 0 saturated carbocycles. The van der Waals surface area contributed by atoms with Gasteiger partial charge in [0, 0.05) is 34.7 Å². The zero-order valence-corrected chi connectivity index (χ0v) is 16.1. The molecule has 1 N–H and O–H groups in total. The molecule has 1 aliphatic heterocycles. The molecule has 136 valence electrons. The molecule has 0 radical (unpaired) electrons. The standard InChI is InChI=1S/C20H20BrFN2O2/c1-13-2-7-17(12-18(13)22)23-19(25)14-8-10-24(11-9-14)20(26)15-3-5-16(21)6-4-15/h2-7,12,14H,8-11H2,1H3,(H,23,25). The van der Waals surface area contributed by atoms with Crippen LogP contribution in [-0.4, -0.2) is 29.8 Å². The second-order valence-corrected chi connectivity index (χ2v) is 7.44. The van der Waals surface area contributed by atoms with Gasteiger partial charge >= 0.3 is 0 Å². The summed E-state index contributed by atoms with van der Waals surface area (Å²) >= 11 is 3.36. The van der Waals surface area contributed by atoms with Gasteiger partial charge in [0.1, 0.15) is 5.82 Å². The molecule has 0 spiro atoms. The van der Waals surface area contributed by atoms with E-state index in [-0.39, 0.29) is 23.5 Å². The van der Waals surface area contributed by atoms with Crippen LogP contribution in [0.15, 0.2) is 46.9 Å². The lowest BCUT2D eigenvalue weighted by Crippen LogP contribution is -2.41. The second-order valence-electron chi connectivity index (χ2n) is 6.53. The summed E-state index contributed by atoms with van der Waals surface area (Å²) in [6.07, 6.45) is 1.20. The molecule has 1 saturated heterocycles. The Morgan fingerprint density at radius 2 is 1.77 bits per heavy atom. The van der Waals surface area contributed by atoms with Gasteiger partial charge in [-0.25, -0.2) is 4.39 Å². The average Bonchev–Trinajstić information content (AvgIpc) is 2.65. The van der Waals surface area contributed by atoms with Gasteiger partial charge < -0.3 is 10.2 Å². The normalized spacial score (nSPS) is 15.0. The number of hydrogen-bond donors (Lipinski definition) is 1. The number of amides is 2. The van der Waals surface area contributed by atoms with Crippen molar-refractivity contribution in [1.29, 1.82) is 0 Å². The molecule has 1 fully saturated rings. The monoisotopic (exact) mass is 418 g/mol. The van der Waals surface area contributed by atoms with E-state index < -0.39 is 0 Å². The van der Waals surface area contributed by atoms with Crippen LogP contribution in [0.2, 0.25) is 0 Å². The van der Waals surface area contributed by atoms with E-state index in [0.717, 1.165) is 4.47 Å². The van der Waals surface area contributed by atoms with Crippen LogP contribution in [0.25, 0.3) is 0 Å². The number of piperidine rings is 1. The first-order valence-corrected chi connectivity index (χ1v) is 9.35. The fourth-order valence-corrected chi connectivity index (χ4v) is 3.30. The van der Waals surface area contributed by atoms with Gasteiger partial charge in [-0.15, -0.1) is 0 Å². The number of carbonyl (C=O) groups excluding carboxylic acids is 2. The maximum Gasteiger partial charge on any atom is 0.253 e. The lowest BCUT2D eigenvalue weighted by Gasteiger charge is -2.31. The quantitative estimate of drug-likeness (QED) is 0.803. The van der Waals surface area contributed by atoms with Gasteiger partial charge in [-0.3, -0.25) is 9.59 Å². The molecule has 0 atom stereocenters. The number of nitrogens with zero attached hydrogens (tertiary/aromatic N) is 1. The minimum absolute atomic E-state index is 0.0167. The molecule has 2 aromatic rings. The number of carbonyl (C=O) groups is 2. The van der Waals surface area contributed by atoms with Crippen molar-refractivity contribution in [2.24, 2.45) is 5.92 Å². The molecule has 1 heterocycles. The Bertz CT molecular complexity index is 815. The maximum atomic E-state index is 13.6. The van der Waals surface area contributed by atoms with Crippen molar-refractivity contribution < 1.29 is 14.0 Å². The summed E-state index contributed by atoms with van der Waals surface area (Å²) in [6.45, 7) is 2.75. The van der Waals surface area contributed by atoms with Gasteiger partial charge in [-0.05, 0) is 61.7 Å². The molecule has 0 unspecified atom stereocenters. The number of anilines is 1. The minimum Gasteiger partial charge on any atom is -0.339 e. The third-order valence-electron chi connectivity index (χ3n) is 4.68. The van der Waals surface area contributed by atoms with Crippen LogP contribution in [0, 0.1) is 18.7 Å². The van der Waals surface area contributed by atoms with Crippen molar-refractivity contribution in [1.82, 2.24) is 4.90 Å². The molecule has 1 aliphatic rings. The number of nitrogens with one attached hydrogen (secondary N) is 1. The smallest absolute Gasteiger partial charge is 0.253 e. The highest BCUT2D eigenvalue weighted by Crippen LogP contribution is 2.22. The summed E-state index contributed by atoms with van der Waals surface area (Å²) in [5.74, 6) is -0.646. The first kappa shape index (κ1) is 18.6. The largest absolute Gasteiger partial charge is 0.339 e. The summed E-state index contributed by atoms with van der Waals surface area (Å²) < 4.78 is 14.5. The minimum atomic E-state index is -0.335. The highest BCUT2D eigenvalue weighted by Gasteiger charge is 2.28. The Hall–Kier alpha value is -2.21. The lowest BCUT2D eigenvalue weighted by molar-refractivity contribution is -0.121. The van der Waals surface area contributed by atoms with Crippen molar-refractivity contribution >= 4 is 33.4 Å². The van der Waals surface area contributed by atoms with Crippen molar-refractivity contribution in [3.63, 3.8) is 0 Å². The Kier molecular flexibility index (Phi) is 5.71. The van der Waals surface area contributed by atoms with Gasteiger partial charge in [-0.1, -0.05) is 22.0 Å². The molecule has 26 heavy (non-hydrogen) atoms. The number of benzene rings is 2. The van der Waals surface area contributed by atoms with Gasteiger partial charge in [0.2, 0.25) is 5.91 Å². The first-order chi connectivity index (χ1) is 12.4. The SMILES string of the molecule is Cc1ccc(NC(=O)C2CCN(C(=O)c3ccc(Br)cc3)CC2)cc1F. The molecule has 4 nitrogen and oxygen atoms in total. The van der Waals surface area contributed by atoms with Gasteiger partial charge in [-0.2, -0.15) is 0 Å². The number of halogens is 2. The van der Waals surface area contributed by atoms with E-state index in [1.165, 1.54) is 6.07 Å². The predicted molar refractivity (Wildman–Crippen MR) is 103 cm³/mol. The van der Waals surface area contributed by atoms with Crippen LogP contribution < -0.4 is 5.32 Å². The van der Waals surface area contributed by atoms with Crippen LogP contribution in [0.4, 0.5) is 10.1 Å². The summed E-state index contributed by atoms with van der Waals surface area (Å²) in [5.41, 5.74) is 1.65. The summed E-state index contributed by atoms with van der Waals surface area (Å²) in [4.78, 5) is 26.7. The van der Waals surface area contributed by atoms with Crippen molar-refractivity contribution in [2.45, 2.75) is 19.8 Å². The van der Waals surface area contributed by atoms with Crippen LogP contribution in [0.3, 0.4) is 0 Å². The van der Waals surface area contributed by atoms with Gasteiger partial charge in [0.05, 0.1) is 0 Å².